The minimum Gasteiger partial charge on any atom is -0.466 e. The molecule has 1 saturated carbocycles. The highest BCUT2D eigenvalue weighted by atomic mass is 16.5. The van der Waals surface area contributed by atoms with Gasteiger partial charge in [-0.15, -0.1) is 0 Å². The number of carbonyl (C=O) groups is 1. The van der Waals surface area contributed by atoms with E-state index in [0.717, 1.165) is 25.2 Å². The van der Waals surface area contributed by atoms with Gasteiger partial charge >= 0.3 is 5.97 Å². The van der Waals surface area contributed by atoms with E-state index in [9.17, 15) is 4.79 Å². The maximum absolute atomic E-state index is 11.4. The smallest absolute Gasteiger partial charge is 0.305 e. The van der Waals surface area contributed by atoms with E-state index >= 15 is 0 Å². The summed E-state index contributed by atoms with van der Waals surface area (Å²) in [7, 11) is 0. The predicted molar refractivity (Wildman–Crippen MR) is 70.9 cm³/mol. The summed E-state index contributed by atoms with van der Waals surface area (Å²) in [5.74, 6) is 0.827. The largest absolute Gasteiger partial charge is 0.466 e. The van der Waals surface area contributed by atoms with Crippen molar-refractivity contribution >= 4 is 5.97 Å². The highest BCUT2D eigenvalue weighted by Crippen LogP contribution is 2.26. The minimum atomic E-state index is 0.0110. The molecule has 2 nitrogen and oxygen atoms in total. The molecule has 100 valence electrons. The van der Waals surface area contributed by atoms with Gasteiger partial charge in [0.15, 0.2) is 0 Å². The minimum absolute atomic E-state index is 0.0110. The van der Waals surface area contributed by atoms with Crippen LogP contribution in [0.2, 0.25) is 0 Å². The van der Waals surface area contributed by atoms with Gasteiger partial charge < -0.3 is 4.74 Å². The molecule has 0 aliphatic heterocycles. The van der Waals surface area contributed by atoms with E-state index in [2.05, 4.69) is 6.92 Å². The van der Waals surface area contributed by atoms with Gasteiger partial charge in [-0.2, -0.15) is 0 Å². The van der Waals surface area contributed by atoms with Crippen molar-refractivity contribution < 1.29 is 9.53 Å². The van der Waals surface area contributed by atoms with Gasteiger partial charge in [0.2, 0.25) is 0 Å². The number of ether oxygens (including phenoxy) is 1. The lowest BCUT2D eigenvalue weighted by Crippen LogP contribution is -2.12. The molecule has 0 bridgehead atoms. The molecule has 0 unspecified atom stereocenters. The average molecular weight is 240 g/mol. The fourth-order valence-corrected chi connectivity index (χ4v) is 2.58. The monoisotopic (exact) mass is 240 g/mol. The van der Waals surface area contributed by atoms with Crippen molar-refractivity contribution in [3.8, 4) is 0 Å². The van der Waals surface area contributed by atoms with Crippen LogP contribution in [0.1, 0.15) is 77.6 Å². The van der Waals surface area contributed by atoms with E-state index in [1.165, 1.54) is 44.9 Å². The number of unbranched alkanes of at least 4 members (excludes halogenated alkanes) is 3. The van der Waals surface area contributed by atoms with Crippen molar-refractivity contribution in [2.24, 2.45) is 5.92 Å². The molecule has 0 atom stereocenters. The van der Waals surface area contributed by atoms with Crippen LogP contribution in [0, 0.1) is 5.92 Å². The van der Waals surface area contributed by atoms with Crippen LogP contribution >= 0.6 is 0 Å². The molecule has 0 aromatic carbocycles. The Morgan fingerprint density at radius 2 is 1.88 bits per heavy atom. The van der Waals surface area contributed by atoms with Crippen LogP contribution in [-0.4, -0.2) is 12.6 Å². The van der Waals surface area contributed by atoms with Crippen LogP contribution in [0.5, 0.6) is 0 Å². The third-order valence-corrected chi connectivity index (χ3v) is 3.75. The third-order valence-electron chi connectivity index (χ3n) is 3.75. The molecule has 0 saturated heterocycles. The molecule has 0 radical (unpaired) electrons. The van der Waals surface area contributed by atoms with Crippen molar-refractivity contribution in [3.05, 3.63) is 0 Å². The molecular formula is C15H28O2. The van der Waals surface area contributed by atoms with Crippen LogP contribution in [0.4, 0.5) is 0 Å². The van der Waals surface area contributed by atoms with Crippen LogP contribution < -0.4 is 0 Å². The molecule has 0 aromatic heterocycles. The molecular weight excluding hydrogens is 212 g/mol. The quantitative estimate of drug-likeness (QED) is 0.462. The first-order valence-corrected chi connectivity index (χ1v) is 7.48. The van der Waals surface area contributed by atoms with Crippen LogP contribution in [0.25, 0.3) is 0 Å². The van der Waals surface area contributed by atoms with Crippen LogP contribution in [-0.2, 0) is 9.53 Å². The summed E-state index contributed by atoms with van der Waals surface area (Å²) < 4.78 is 5.29. The number of rotatable bonds is 8. The molecule has 0 N–H and O–H groups in total. The maximum Gasteiger partial charge on any atom is 0.305 e. The maximum atomic E-state index is 11.4. The summed E-state index contributed by atoms with van der Waals surface area (Å²) in [6.07, 6.45) is 13.1. The molecule has 0 heterocycles. The lowest BCUT2D eigenvalue weighted by Gasteiger charge is -2.21. The molecule has 17 heavy (non-hydrogen) atoms. The summed E-state index contributed by atoms with van der Waals surface area (Å²) in [5.41, 5.74) is 0. The third kappa shape index (κ3) is 7.40. The van der Waals surface area contributed by atoms with E-state index in [4.69, 9.17) is 4.74 Å². The molecule has 1 fully saturated rings. The van der Waals surface area contributed by atoms with Gasteiger partial charge in [0, 0.05) is 6.42 Å². The van der Waals surface area contributed by atoms with Gasteiger partial charge in [-0.25, -0.2) is 0 Å². The topological polar surface area (TPSA) is 26.3 Å². The van der Waals surface area contributed by atoms with Crippen molar-refractivity contribution in [3.63, 3.8) is 0 Å². The van der Waals surface area contributed by atoms with Gasteiger partial charge in [0.25, 0.3) is 0 Å². The summed E-state index contributed by atoms with van der Waals surface area (Å²) in [6, 6.07) is 0. The van der Waals surface area contributed by atoms with Crippen molar-refractivity contribution in [1.82, 2.24) is 0 Å². The summed E-state index contributed by atoms with van der Waals surface area (Å²) >= 11 is 0. The average Bonchev–Trinajstić information content (AvgIpc) is 2.36. The second-order valence-corrected chi connectivity index (χ2v) is 5.32. The number of esters is 1. The van der Waals surface area contributed by atoms with Gasteiger partial charge in [0.1, 0.15) is 0 Å². The first-order valence-electron chi connectivity index (χ1n) is 7.48. The lowest BCUT2D eigenvalue weighted by molar-refractivity contribution is -0.144. The number of hydrogen-bond acceptors (Lipinski definition) is 2. The highest BCUT2D eigenvalue weighted by molar-refractivity contribution is 5.69. The van der Waals surface area contributed by atoms with Crippen LogP contribution in [0.15, 0.2) is 0 Å². The summed E-state index contributed by atoms with van der Waals surface area (Å²) in [5, 5.41) is 0. The highest BCUT2D eigenvalue weighted by Gasteiger charge is 2.13. The Hall–Kier alpha value is -0.530. The second kappa shape index (κ2) is 9.49. The molecule has 1 rings (SSSR count). The van der Waals surface area contributed by atoms with Gasteiger partial charge in [-0.3, -0.25) is 4.79 Å². The second-order valence-electron chi connectivity index (χ2n) is 5.32. The fraction of sp³-hybridized carbons (Fsp3) is 0.933. The summed E-state index contributed by atoms with van der Waals surface area (Å²) in [4.78, 5) is 11.4. The molecule has 1 aliphatic rings. The summed E-state index contributed by atoms with van der Waals surface area (Å²) in [6.45, 7) is 2.83. The Labute approximate surface area is 106 Å². The SMILES string of the molecule is CCCCCCC(=O)OCCC1CCCCC1. The Bertz CT molecular complexity index is 195. The van der Waals surface area contributed by atoms with E-state index < -0.39 is 0 Å². The Morgan fingerprint density at radius 3 is 2.59 bits per heavy atom. The molecule has 1 aliphatic carbocycles. The molecule has 2 heteroatoms. The van der Waals surface area contributed by atoms with Gasteiger partial charge in [-0.05, 0) is 18.8 Å². The first-order chi connectivity index (χ1) is 8.33. The van der Waals surface area contributed by atoms with Crippen molar-refractivity contribution in [1.29, 1.82) is 0 Å². The number of carbonyl (C=O) groups excluding carboxylic acids is 1. The standard InChI is InChI=1S/C15H28O2/c1-2-3-4-8-11-15(16)17-13-12-14-9-6-5-7-10-14/h14H,2-13H2,1H3. The molecule has 0 spiro atoms. The fourth-order valence-electron chi connectivity index (χ4n) is 2.58. The Balaban J connectivity index is 1.92. The van der Waals surface area contributed by atoms with Crippen LogP contribution in [0.3, 0.4) is 0 Å². The molecule has 0 amide bonds. The van der Waals surface area contributed by atoms with E-state index in [1.807, 2.05) is 0 Å². The molecule has 0 aromatic rings. The zero-order valence-corrected chi connectivity index (χ0v) is 11.4. The Kier molecular flexibility index (Phi) is 8.12. The zero-order chi connectivity index (χ0) is 12.3. The van der Waals surface area contributed by atoms with Crippen molar-refractivity contribution in [2.75, 3.05) is 6.61 Å². The first kappa shape index (κ1) is 14.5. The zero-order valence-electron chi connectivity index (χ0n) is 11.4. The van der Waals surface area contributed by atoms with E-state index in [-0.39, 0.29) is 5.97 Å². The Morgan fingerprint density at radius 1 is 1.12 bits per heavy atom. The van der Waals surface area contributed by atoms with E-state index in [1.54, 1.807) is 0 Å². The normalized spacial score (nSPS) is 17.0. The van der Waals surface area contributed by atoms with E-state index in [0.29, 0.717) is 13.0 Å². The lowest BCUT2D eigenvalue weighted by atomic mass is 9.87. The van der Waals surface area contributed by atoms with Crippen molar-refractivity contribution in [2.45, 2.75) is 77.6 Å². The number of hydrogen-bond donors (Lipinski definition) is 0. The van der Waals surface area contributed by atoms with Gasteiger partial charge in [0.05, 0.1) is 6.61 Å². The predicted octanol–water partition coefficient (Wildman–Crippen LogP) is 4.47. The van der Waals surface area contributed by atoms with Gasteiger partial charge in [-0.1, -0.05) is 58.3 Å².